The fourth-order valence-electron chi connectivity index (χ4n) is 3.55. The second-order valence-corrected chi connectivity index (χ2v) is 7.02. The van der Waals surface area contributed by atoms with E-state index in [2.05, 4.69) is 20.2 Å². The average molecular weight is 379 g/mol. The molecule has 1 fully saturated rings. The van der Waals surface area contributed by atoms with Gasteiger partial charge in [0.1, 0.15) is 0 Å². The highest BCUT2D eigenvalue weighted by Gasteiger charge is 2.38. The number of pyridine rings is 1. The van der Waals surface area contributed by atoms with Gasteiger partial charge < -0.3 is 10.3 Å². The van der Waals surface area contributed by atoms with Crippen LogP contribution in [-0.2, 0) is 25.4 Å². The van der Waals surface area contributed by atoms with E-state index in [1.54, 1.807) is 7.05 Å². The van der Waals surface area contributed by atoms with Crippen LogP contribution in [0.3, 0.4) is 0 Å². The molecule has 8 nitrogen and oxygen atoms in total. The topological polar surface area (TPSA) is 116 Å². The maximum Gasteiger partial charge on any atom is 0.276 e. The predicted octanol–water partition coefficient (Wildman–Crippen LogP) is 1.81. The molecule has 0 atom stereocenters. The molecule has 4 rings (SSSR count). The molecule has 0 amide bonds. The smallest absolute Gasteiger partial charge is 0.276 e. The Morgan fingerprint density at radius 3 is 2.65 bits per heavy atom. The molecule has 0 aliphatic heterocycles. The molecule has 0 spiro atoms. The second-order valence-electron chi connectivity index (χ2n) is 7.02. The van der Waals surface area contributed by atoms with Gasteiger partial charge in [-0.3, -0.25) is 14.6 Å². The van der Waals surface area contributed by atoms with E-state index in [-0.39, 0.29) is 18.0 Å². The van der Waals surface area contributed by atoms with Crippen molar-refractivity contribution in [2.24, 2.45) is 12.8 Å². The third kappa shape index (κ3) is 2.83. The van der Waals surface area contributed by atoms with Gasteiger partial charge in [-0.1, -0.05) is 5.16 Å². The number of nitrogens with zero attached hydrogens (tertiary/aromatic N) is 4. The number of halogens is 1. The van der Waals surface area contributed by atoms with E-state index in [0.29, 0.717) is 35.6 Å². The standard InChI is InChI=1S/C17H22N6O2.ClH/c1-9-11(10(2)19-14-13(9)15(24)23(3)21-14)5-6-12-20-16(22-25-12)17(18)7-4-8-17;/h4-8,18H2,1-3H3,(H,19,21);1H. The first kappa shape index (κ1) is 18.6. The van der Waals surface area contributed by atoms with Crippen LogP contribution in [0.4, 0.5) is 0 Å². The molecule has 1 aliphatic carbocycles. The van der Waals surface area contributed by atoms with Crippen molar-refractivity contribution in [3.63, 3.8) is 0 Å². The molecule has 3 heterocycles. The van der Waals surface area contributed by atoms with Crippen molar-refractivity contribution < 1.29 is 4.52 Å². The van der Waals surface area contributed by atoms with Crippen LogP contribution in [0.25, 0.3) is 11.0 Å². The molecule has 26 heavy (non-hydrogen) atoms. The Balaban J connectivity index is 0.00000196. The van der Waals surface area contributed by atoms with Gasteiger partial charge in [-0.15, -0.1) is 12.4 Å². The molecule has 3 N–H and O–H groups in total. The van der Waals surface area contributed by atoms with E-state index in [0.717, 1.165) is 36.1 Å². The normalized spacial score (nSPS) is 15.7. The molecular weight excluding hydrogens is 356 g/mol. The van der Waals surface area contributed by atoms with Gasteiger partial charge >= 0.3 is 0 Å². The monoisotopic (exact) mass is 378 g/mol. The van der Waals surface area contributed by atoms with Crippen molar-refractivity contribution in [2.45, 2.75) is 51.5 Å². The van der Waals surface area contributed by atoms with Gasteiger partial charge in [0, 0.05) is 19.2 Å². The van der Waals surface area contributed by atoms with Crippen LogP contribution in [0.1, 0.15) is 47.8 Å². The number of aryl methyl sites for hydroxylation is 4. The van der Waals surface area contributed by atoms with Gasteiger partial charge in [0.15, 0.2) is 11.5 Å². The van der Waals surface area contributed by atoms with Crippen molar-refractivity contribution in [2.75, 3.05) is 0 Å². The number of aromatic amines is 1. The van der Waals surface area contributed by atoms with Crippen molar-refractivity contribution in [3.05, 3.63) is 38.9 Å². The van der Waals surface area contributed by atoms with Gasteiger partial charge in [-0.05, 0) is 50.7 Å². The summed E-state index contributed by atoms with van der Waals surface area (Å²) in [5.74, 6) is 1.18. The summed E-state index contributed by atoms with van der Waals surface area (Å²) in [4.78, 5) is 21.3. The molecule has 1 aliphatic rings. The Morgan fingerprint density at radius 1 is 1.27 bits per heavy atom. The van der Waals surface area contributed by atoms with Crippen LogP contribution in [0.15, 0.2) is 9.32 Å². The quantitative estimate of drug-likeness (QED) is 0.715. The highest BCUT2D eigenvalue weighted by atomic mass is 35.5. The number of nitrogens with two attached hydrogens (primary N) is 1. The van der Waals surface area contributed by atoms with E-state index in [1.807, 2.05) is 13.8 Å². The number of hydrogen-bond donors (Lipinski definition) is 2. The number of rotatable bonds is 4. The van der Waals surface area contributed by atoms with Gasteiger partial charge in [0.25, 0.3) is 5.56 Å². The van der Waals surface area contributed by atoms with Crippen LogP contribution in [0.2, 0.25) is 0 Å². The summed E-state index contributed by atoms with van der Waals surface area (Å²) < 4.78 is 6.83. The minimum atomic E-state index is -0.411. The fraction of sp³-hybridized carbons (Fsp3) is 0.529. The van der Waals surface area contributed by atoms with Crippen LogP contribution >= 0.6 is 12.4 Å². The summed E-state index contributed by atoms with van der Waals surface area (Å²) in [7, 11) is 1.70. The molecule has 0 saturated heterocycles. The summed E-state index contributed by atoms with van der Waals surface area (Å²) in [5, 5.41) is 7.67. The Hall–Kier alpha value is -2.19. The molecule has 9 heteroatoms. The zero-order valence-corrected chi connectivity index (χ0v) is 15.9. The summed E-state index contributed by atoms with van der Waals surface area (Å²) in [6.45, 7) is 3.92. The highest BCUT2D eigenvalue weighted by Crippen LogP contribution is 2.36. The van der Waals surface area contributed by atoms with Crippen molar-refractivity contribution in [3.8, 4) is 0 Å². The Morgan fingerprint density at radius 2 is 2.00 bits per heavy atom. The van der Waals surface area contributed by atoms with Crippen LogP contribution in [0.5, 0.6) is 0 Å². The Bertz CT molecular complexity index is 1010. The highest BCUT2D eigenvalue weighted by molar-refractivity contribution is 5.85. The summed E-state index contributed by atoms with van der Waals surface area (Å²) in [6, 6.07) is 0. The number of fused-ring (bicyclic) bond motifs is 1. The number of aromatic nitrogens is 5. The lowest BCUT2D eigenvalue weighted by Gasteiger charge is -2.34. The van der Waals surface area contributed by atoms with E-state index < -0.39 is 5.54 Å². The molecule has 3 aromatic heterocycles. The Labute approximate surface area is 156 Å². The minimum absolute atomic E-state index is 0. The number of hydrogen-bond acceptors (Lipinski definition) is 6. The molecular formula is C17H23ClN6O2. The fourth-order valence-corrected chi connectivity index (χ4v) is 3.55. The zero-order valence-electron chi connectivity index (χ0n) is 15.1. The second kappa shape index (κ2) is 6.51. The van der Waals surface area contributed by atoms with Crippen molar-refractivity contribution in [1.29, 1.82) is 0 Å². The zero-order chi connectivity index (χ0) is 17.8. The first-order chi connectivity index (χ1) is 11.9. The van der Waals surface area contributed by atoms with Gasteiger partial charge in [0.2, 0.25) is 5.89 Å². The lowest BCUT2D eigenvalue weighted by atomic mass is 9.77. The molecule has 3 aromatic rings. The Kier molecular flexibility index (Phi) is 4.66. The third-order valence-electron chi connectivity index (χ3n) is 5.32. The number of nitrogens with one attached hydrogen (secondary N) is 1. The van der Waals surface area contributed by atoms with E-state index in [4.69, 9.17) is 10.3 Å². The molecule has 0 bridgehead atoms. The lowest BCUT2D eigenvalue weighted by molar-refractivity contribution is 0.229. The summed E-state index contributed by atoms with van der Waals surface area (Å²) in [5.41, 5.74) is 9.31. The van der Waals surface area contributed by atoms with Gasteiger partial charge in [-0.25, -0.2) is 4.98 Å². The van der Waals surface area contributed by atoms with Crippen molar-refractivity contribution in [1.82, 2.24) is 24.9 Å². The SMILES string of the molecule is Cc1nc2[nH]n(C)c(=O)c2c(C)c1CCc1nc(C2(N)CCC2)no1.Cl. The first-order valence-electron chi connectivity index (χ1n) is 8.56. The lowest BCUT2D eigenvalue weighted by Crippen LogP contribution is -2.44. The molecule has 140 valence electrons. The molecule has 0 aromatic carbocycles. The van der Waals surface area contributed by atoms with E-state index >= 15 is 0 Å². The minimum Gasteiger partial charge on any atom is -0.339 e. The van der Waals surface area contributed by atoms with Crippen LogP contribution in [-0.4, -0.2) is 24.9 Å². The van der Waals surface area contributed by atoms with Crippen LogP contribution < -0.4 is 11.3 Å². The average Bonchev–Trinajstić information content (AvgIpc) is 3.10. The van der Waals surface area contributed by atoms with Crippen LogP contribution in [0, 0.1) is 13.8 Å². The van der Waals surface area contributed by atoms with Gasteiger partial charge in [-0.2, -0.15) is 4.98 Å². The largest absolute Gasteiger partial charge is 0.339 e. The van der Waals surface area contributed by atoms with E-state index in [9.17, 15) is 4.79 Å². The molecule has 0 unspecified atom stereocenters. The maximum atomic E-state index is 12.3. The summed E-state index contributed by atoms with van der Waals surface area (Å²) >= 11 is 0. The molecule has 1 saturated carbocycles. The predicted molar refractivity (Wildman–Crippen MR) is 99.5 cm³/mol. The van der Waals surface area contributed by atoms with E-state index in [1.165, 1.54) is 4.68 Å². The number of H-pyrrole nitrogens is 1. The summed E-state index contributed by atoms with van der Waals surface area (Å²) in [6.07, 6.45) is 4.20. The maximum absolute atomic E-state index is 12.3. The van der Waals surface area contributed by atoms with Gasteiger partial charge in [0.05, 0.1) is 10.9 Å². The third-order valence-corrected chi connectivity index (χ3v) is 5.32. The molecule has 0 radical (unpaired) electrons. The first-order valence-corrected chi connectivity index (χ1v) is 8.56. The van der Waals surface area contributed by atoms with Crippen molar-refractivity contribution >= 4 is 23.4 Å².